The minimum Gasteiger partial charge on any atom is -0.343 e. The van der Waals surface area contributed by atoms with E-state index in [0.717, 1.165) is 11.1 Å². The summed E-state index contributed by atoms with van der Waals surface area (Å²) < 4.78 is 1.76. The van der Waals surface area contributed by atoms with E-state index in [2.05, 4.69) is 17.2 Å². The van der Waals surface area contributed by atoms with E-state index in [4.69, 9.17) is 0 Å². The van der Waals surface area contributed by atoms with Gasteiger partial charge in [-0.05, 0) is 55.3 Å². The van der Waals surface area contributed by atoms with Gasteiger partial charge in [-0.2, -0.15) is 0 Å². The number of anilines is 1. The highest BCUT2D eigenvalue weighted by molar-refractivity contribution is 6.02. The number of benzene rings is 3. The monoisotopic (exact) mass is 493 g/mol. The van der Waals surface area contributed by atoms with Gasteiger partial charge in [0, 0.05) is 29.4 Å². The van der Waals surface area contributed by atoms with E-state index in [1.165, 1.54) is 13.1 Å². The summed E-state index contributed by atoms with van der Waals surface area (Å²) in [4.78, 5) is 50.4. The fraction of sp³-hybridized carbons (Fsp3) is 0.133. The molecular formula is C30H27N3O4. The molecule has 0 aliphatic heterocycles. The van der Waals surface area contributed by atoms with Crippen LogP contribution >= 0.6 is 0 Å². The average Bonchev–Trinajstić information content (AvgIpc) is 2.90. The number of allylic oxidation sites excluding steroid dienone is 1. The van der Waals surface area contributed by atoms with Crippen LogP contribution in [0.3, 0.4) is 0 Å². The molecule has 0 saturated carbocycles. The van der Waals surface area contributed by atoms with Crippen molar-refractivity contribution in [2.24, 2.45) is 0 Å². The predicted octanol–water partition coefficient (Wildman–Crippen LogP) is 4.81. The van der Waals surface area contributed by atoms with Gasteiger partial charge in [0.15, 0.2) is 11.2 Å². The Morgan fingerprint density at radius 3 is 2.30 bits per heavy atom. The first kappa shape index (κ1) is 25.3. The maximum Gasteiger partial charge on any atom is 0.251 e. The Labute approximate surface area is 214 Å². The fourth-order valence-electron chi connectivity index (χ4n) is 4.06. The molecule has 3 aromatic carbocycles. The minimum absolute atomic E-state index is 0.0664. The number of amides is 2. The van der Waals surface area contributed by atoms with E-state index in [9.17, 15) is 19.2 Å². The molecular weight excluding hydrogens is 466 g/mol. The number of carbonyl (C=O) groups excluding carboxylic acids is 3. The molecule has 4 aromatic rings. The highest BCUT2D eigenvalue weighted by Crippen LogP contribution is 2.20. The van der Waals surface area contributed by atoms with Gasteiger partial charge in [-0.1, -0.05) is 48.5 Å². The standard InChI is InChI=1S/C30H27N3O4/c1-4-16-33-18-26(20(3)34)28(35)25-17-24(14-15-27(25)33)32-29(36)19(2)31-30(37)23-12-10-22(11-13-23)21-8-6-5-7-9-21/h4-15,17-19H,1,16H2,2-3H3,(H,31,37)(H,32,36)/t19-/m0/s1. The van der Waals surface area contributed by atoms with Crippen LogP contribution in [0.25, 0.3) is 22.0 Å². The molecule has 1 heterocycles. The number of Topliss-reactive ketones (excluding diaryl/α,β-unsaturated/α-hetero) is 1. The van der Waals surface area contributed by atoms with Crippen LogP contribution in [0.15, 0.2) is 96.4 Å². The number of fused-ring (bicyclic) bond motifs is 1. The van der Waals surface area contributed by atoms with Crippen LogP contribution < -0.4 is 16.1 Å². The third kappa shape index (κ3) is 5.56. The summed E-state index contributed by atoms with van der Waals surface area (Å²) in [7, 11) is 0. The number of hydrogen-bond acceptors (Lipinski definition) is 4. The Morgan fingerprint density at radius 2 is 1.65 bits per heavy atom. The molecule has 7 heteroatoms. The maximum atomic E-state index is 12.9. The van der Waals surface area contributed by atoms with Crippen LogP contribution in [0, 0.1) is 0 Å². The number of nitrogens with one attached hydrogen (secondary N) is 2. The normalized spacial score (nSPS) is 11.5. The number of hydrogen-bond donors (Lipinski definition) is 2. The Hall–Kier alpha value is -4.78. The zero-order chi connectivity index (χ0) is 26.5. The average molecular weight is 494 g/mol. The summed E-state index contributed by atoms with van der Waals surface area (Å²) in [6, 6.07) is 21.1. The van der Waals surface area contributed by atoms with Crippen LogP contribution in [-0.4, -0.2) is 28.2 Å². The SMILES string of the molecule is C=CCn1cc(C(C)=O)c(=O)c2cc(NC(=O)[C@H](C)NC(=O)c3ccc(-c4ccccc4)cc3)ccc21. The quantitative estimate of drug-likeness (QED) is 0.272. The Balaban J connectivity index is 1.49. The summed E-state index contributed by atoms with van der Waals surface area (Å²) >= 11 is 0. The van der Waals surface area contributed by atoms with Gasteiger partial charge in [0.05, 0.1) is 11.1 Å². The van der Waals surface area contributed by atoms with Crippen LogP contribution in [0.5, 0.6) is 0 Å². The first-order valence-corrected chi connectivity index (χ1v) is 11.8. The van der Waals surface area contributed by atoms with E-state index in [0.29, 0.717) is 28.7 Å². The lowest BCUT2D eigenvalue weighted by Gasteiger charge is -2.16. The Morgan fingerprint density at radius 1 is 0.973 bits per heavy atom. The molecule has 37 heavy (non-hydrogen) atoms. The van der Waals surface area contributed by atoms with Gasteiger partial charge in [-0.25, -0.2) is 0 Å². The molecule has 186 valence electrons. The van der Waals surface area contributed by atoms with Crippen LogP contribution in [0.1, 0.15) is 34.6 Å². The van der Waals surface area contributed by atoms with E-state index >= 15 is 0 Å². The lowest BCUT2D eigenvalue weighted by molar-refractivity contribution is -0.117. The van der Waals surface area contributed by atoms with Crippen LogP contribution in [-0.2, 0) is 11.3 Å². The van der Waals surface area contributed by atoms with E-state index < -0.39 is 17.4 Å². The molecule has 1 aromatic heterocycles. The summed E-state index contributed by atoms with van der Waals surface area (Å²) in [5.74, 6) is -1.16. The second-order valence-electron chi connectivity index (χ2n) is 8.73. The molecule has 0 unspecified atom stereocenters. The summed E-state index contributed by atoms with van der Waals surface area (Å²) in [5, 5.41) is 5.75. The second kappa shape index (κ2) is 10.9. The van der Waals surface area contributed by atoms with E-state index in [-0.39, 0.29) is 17.3 Å². The highest BCUT2D eigenvalue weighted by Gasteiger charge is 2.18. The van der Waals surface area contributed by atoms with Crippen molar-refractivity contribution in [3.63, 3.8) is 0 Å². The van der Waals surface area contributed by atoms with Crippen molar-refractivity contribution in [2.45, 2.75) is 26.4 Å². The van der Waals surface area contributed by atoms with Crippen LogP contribution in [0.2, 0.25) is 0 Å². The minimum atomic E-state index is -0.835. The second-order valence-corrected chi connectivity index (χ2v) is 8.73. The largest absolute Gasteiger partial charge is 0.343 e. The van der Waals surface area contributed by atoms with Crippen molar-refractivity contribution in [3.8, 4) is 11.1 Å². The smallest absolute Gasteiger partial charge is 0.251 e. The molecule has 2 N–H and O–H groups in total. The lowest BCUT2D eigenvalue weighted by Crippen LogP contribution is -2.41. The molecule has 4 rings (SSSR count). The van der Waals surface area contributed by atoms with E-state index in [1.54, 1.807) is 47.9 Å². The van der Waals surface area contributed by atoms with Gasteiger partial charge in [0.1, 0.15) is 6.04 Å². The summed E-state index contributed by atoms with van der Waals surface area (Å²) in [5.41, 5.74) is 3.13. The zero-order valence-electron chi connectivity index (χ0n) is 20.7. The van der Waals surface area contributed by atoms with Crippen molar-refractivity contribution in [2.75, 3.05) is 5.32 Å². The number of pyridine rings is 1. The number of rotatable bonds is 8. The molecule has 0 saturated heterocycles. The van der Waals surface area contributed by atoms with Crippen LogP contribution in [0.4, 0.5) is 5.69 Å². The summed E-state index contributed by atoms with van der Waals surface area (Å²) in [6.07, 6.45) is 3.19. The molecule has 0 radical (unpaired) electrons. The van der Waals surface area contributed by atoms with Gasteiger partial charge in [-0.3, -0.25) is 19.2 Å². The zero-order valence-corrected chi connectivity index (χ0v) is 20.7. The Kier molecular flexibility index (Phi) is 7.44. The molecule has 2 amide bonds. The highest BCUT2D eigenvalue weighted by atomic mass is 16.2. The Bertz CT molecular complexity index is 1550. The number of aromatic nitrogens is 1. The first-order valence-electron chi connectivity index (χ1n) is 11.8. The third-order valence-electron chi connectivity index (χ3n) is 6.05. The van der Waals surface area contributed by atoms with Gasteiger partial charge in [0.25, 0.3) is 5.91 Å². The predicted molar refractivity (Wildman–Crippen MR) is 146 cm³/mol. The number of nitrogens with zero attached hydrogens (tertiary/aromatic N) is 1. The first-order chi connectivity index (χ1) is 17.8. The number of ketones is 1. The molecule has 0 spiro atoms. The topological polar surface area (TPSA) is 97.3 Å². The van der Waals surface area contributed by atoms with Gasteiger partial charge in [-0.15, -0.1) is 6.58 Å². The van der Waals surface area contributed by atoms with Crippen molar-refractivity contribution >= 4 is 34.2 Å². The van der Waals surface area contributed by atoms with Crippen molar-refractivity contribution in [1.82, 2.24) is 9.88 Å². The van der Waals surface area contributed by atoms with E-state index in [1.807, 2.05) is 42.5 Å². The van der Waals surface area contributed by atoms with Gasteiger partial charge < -0.3 is 15.2 Å². The van der Waals surface area contributed by atoms with Crippen molar-refractivity contribution in [3.05, 3.63) is 113 Å². The van der Waals surface area contributed by atoms with Gasteiger partial charge >= 0.3 is 0 Å². The maximum absolute atomic E-state index is 12.9. The molecule has 0 bridgehead atoms. The summed E-state index contributed by atoms with van der Waals surface area (Å²) in [6.45, 7) is 7.06. The molecule has 0 aliphatic rings. The number of carbonyl (C=O) groups is 3. The molecule has 1 atom stereocenters. The van der Waals surface area contributed by atoms with Crippen molar-refractivity contribution < 1.29 is 14.4 Å². The molecule has 0 aliphatic carbocycles. The fourth-order valence-corrected chi connectivity index (χ4v) is 4.06. The van der Waals surface area contributed by atoms with Gasteiger partial charge in [0.2, 0.25) is 5.91 Å². The molecule has 0 fully saturated rings. The lowest BCUT2D eigenvalue weighted by atomic mass is 10.0. The third-order valence-corrected chi connectivity index (χ3v) is 6.05. The molecule has 7 nitrogen and oxygen atoms in total. The van der Waals surface area contributed by atoms with Crippen molar-refractivity contribution in [1.29, 1.82) is 0 Å².